The predicted octanol–water partition coefficient (Wildman–Crippen LogP) is 1.29. The van der Waals surface area contributed by atoms with Gasteiger partial charge in [0.1, 0.15) is 6.54 Å². The van der Waals surface area contributed by atoms with Crippen molar-refractivity contribution in [3.05, 3.63) is 39.8 Å². The number of nitrogens with one attached hydrogen (secondary N) is 1. The van der Waals surface area contributed by atoms with Crippen molar-refractivity contribution in [1.29, 1.82) is 0 Å². The first-order valence-corrected chi connectivity index (χ1v) is 7.42. The molecule has 0 radical (unpaired) electrons. The van der Waals surface area contributed by atoms with E-state index in [9.17, 15) is 9.59 Å². The van der Waals surface area contributed by atoms with Gasteiger partial charge in [0.15, 0.2) is 11.0 Å². The zero-order valence-electron chi connectivity index (χ0n) is 13.0. The van der Waals surface area contributed by atoms with Gasteiger partial charge in [-0.2, -0.15) is 0 Å². The summed E-state index contributed by atoms with van der Waals surface area (Å²) in [6.07, 6.45) is 0. The number of anilines is 2. The number of halogens is 1. The zero-order valence-corrected chi connectivity index (χ0v) is 13.7. The molecule has 9 heteroatoms. The van der Waals surface area contributed by atoms with Crippen molar-refractivity contribution in [3.63, 3.8) is 0 Å². The highest BCUT2D eigenvalue weighted by atomic mass is 35.5. The van der Waals surface area contributed by atoms with Crippen molar-refractivity contribution in [2.75, 3.05) is 31.3 Å². The van der Waals surface area contributed by atoms with E-state index in [1.165, 1.54) is 7.11 Å². The summed E-state index contributed by atoms with van der Waals surface area (Å²) in [5.74, 6) is -1.21. The fourth-order valence-electron chi connectivity index (χ4n) is 2.17. The molecule has 0 saturated heterocycles. The average Bonchev–Trinajstić information content (AvgIpc) is 2.51. The van der Waals surface area contributed by atoms with E-state index in [0.717, 1.165) is 4.57 Å². The summed E-state index contributed by atoms with van der Waals surface area (Å²) in [6.45, 7) is 0.137. The molecule has 0 bridgehead atoms. The van der Waals surface area contributed by atoms with Crippen molar-refractivity contribution in [1.82, 2.24) is 9.55 Å². The molecule has 0 aliphatic heterocycles. The number of aromatic nitrogens is 2. The first kappa shape index (κ1) is 17.8. The Hall–Kier alpha value is -2.58. The van der Waals surface area contributed by atoms with Gasteiger partial charge in [-0.1, -0.05) is 23.7 Å². The van der Waals surface area contributed by atoms with E-state index in [-0.39, 0.29) is 16.7 Å². The van der Waals surface area contributed by atoms with Crippen molar-refractivity contribution in [2.24, 2.45) is 0 Å². The van der Waals surface area contributed by atoms with Crippen LogP contribution in [0.25, 0.3) is 11.3 Å². The van der Waals surface area contributed by atoms with Crippen molar-refractivity contribution in [2.45, 2.75) is 6.54 Å². The van der Waals surface area contributed by atoms with Crippen LogP contribution in [0.3, 0.4) is 0 Å². The van der Waals surface area contributed by atoms with Crippen LogP contribution in [0, 0.1) is 0 Å². The number of benzene rings is 1. The average molecular weight is 353 g/mol. The smallest absolute Gasteiger partial charge is 0.323 e. The molecule has 2 rings (SSSR count). The van der Waals surface area contributed by atoms with E-state index in [1.807, 2.05) is 0 Å². The van der Waals surface area contributed by atoms with E-state index in [0.29, 0.717) is 24.4 Å². The fraction of sp³-hybridized carbons (Fsp3) is 0.267. The molecular weight excluding hydrogens is 336 g/mol. The number of carboxylic acids is 1. The standard InChI is InChI=1S/C15H17ClN4O4/c1-24-6-5-18-14-15(23)20(8-11(21)22)12(13(16)19-14)9-3-2-4-10(17)7-9/h2-4,7H,5-6,8,17H2,1H3,(H,18,19)(H,21,22). The summed E-state index contributed by atoms with van der Waals surface area (Å²) >= 11 is 6.21. The summed E-state index contributed by atoms with van der Waals surface area (Å²) in [7, 11) is 1.52. The minimum Gasteiger partial charge on any atom is -0.480 e. The largest absolute Gasteiger partial charge is 0.480 e. The van der Waals surface area contributed by atoms with Crippen molar-refractivity contribution >= 4 is 29.1 Å². The second-order valence-electron chi connectivity index (χ2n) is 4.93. The van der Waals surface area contributed by atoms with Gasteiger partial charge in [-0.25, -0.2) is 4.98 Å². The third-order valence-electron chi connectivity index (χ3n) is 3.18. The number of carbonyl (C=O) groups is 1. The fourth-order valence-corrected chi connectivity index (χ4v) is 2.47. The number of aliphatic carboxylic acids is 1. The molecule has 0 amide bonds. The summed E-state index contributed by atoms with van der Waals surface area (Å²) in [4.78, 5) is 27.8. The van der Waals surface area contributed by atoms with Gasteiger partial charge in [-0.05, 0) is 12.1 Å². The number of carboxylic acid groups (broad SMARTS) is 1. The van der Waals surface area contributed by atoms with Gasteiger partial charge in [0, 0.05) is 24.9 Å². The first-order chi connectivity index (χ1) is 11.4. The molecule has 2 aromatic rings. The molecule has 0 unspecified atom stereocenters. The minimum absolute atomic E-state index is 0.00127. The van der Waals surface area contributed by atoms with Gasteiger partial charge >= 0.3 is 5.97 Å². The molecule has 4 N–H and O–H groups in total. The highest BCUT2D eigenvalue weighted by molar-refractivity contribution is 6.32. The molecular formula is C15H17ClN4O4. The van der Waals surface area contributed by atoms with Crippen molar-refractivity contribution < 1.29 is 14.6 Å². The quantitative estimate of drug-likeness (QED) is 0.507. The van der Waals surface area contributed by atoms with E-state index in [2.05, 4.69) is 10.3 Å². The lowest BCUT2D eigenvalue weighted by molar-refractivity contribution is -0.137. The second-order valence-corrected chi connectivity index (χ2v) is 5.29. The van der Waals surface area contributed by atoms with E-state index < -0.39 is 18.1 Å². The summed E-state index contributed by atoms with van der Waals surface area (Å²) in [5, 5.41) is 11.9. The Morgan fingerprint density at radius 1 is 1.50 bits per heavy atom. The predicted molar refractivity (Wildman–Crippen MR) is 91.4 cm³/mol. The van der Waals surface area contributed by atoms with Gasteiger partial charge in [0.25, 0.3) is 5.56 Å². The maximum absolute atomic E-state index is 12.6. The number of hydrogen-bond donors (Lipinski definition) is 3. The number of nitrogens with zero attached hydrogens (tertiary/aromatic N) is 2. The SMILES string of the molecule is COCCNc1nc(Cl)c(-c2cccc(N)c2)n(CC(=O)O)c1=O. The van der Waals surface area contributed by atoms with E-state index >= 15 is 0 Å². The van der Waals surface area contributed by atoms with Gasteiger partial charge < -0.3 is 20.9 Å². The molecule has 0 aliphatic carbocycles. The minimum atomic E-state index is -1.17. The second kappa shape index (κ2) is 7.80. The first-order valence-electron chi connectivity index (χ1n) is 7.05. The van der Waals surface area contributed by atoms with Crippen LogP contribution in [0.2, 0.25) is 5.15 Å². The Bertz CT molecular complexity index is 807. The van der Waals surface area contributed by atoms with Crippen LogP contribution < -0.4 is 16.6 Å². The van der Waals surface area contributed by atoms with Gasteiger partial charge in [-0.15, -0.1) is 0 Å². The molecule has 0 fully saturated rings. The summed E-state index contributed by atoms with van der Waals surface area (Å²) in [5.41, 5.74) is 6.33. The zero-order chi connectivity index (χ0) is 17.7. The number of hydrogen-bond acceptors (Lipinski definition) is 6. The number of rotatable bonds is 7. The Balaban J connectivity index is 2.59. The van der Waals surface area contributed by atoms with Gasteiger partial charge in [0.2, 0.25) is 0 Å². The molecule has 0 spiro atoms. The molecule has 0 saturated carbocycles. The number of methoxy groups -OCH3 is 1. The van der Waals surface area contributed by atoms with Gasteiger partial charge in [-0.3, -0.25) is 14.2 Å². The highest BCUT2D eigenvalue weighted by Gasteiger charge is 2.19. The number of nitrogens with two attached hydrogens (primary N) is 1. The normalized spacial score (nSPS) is 10.6. The van der Waals surface area contributed by atoms with Crippen LogP contribution in [0.4, 0.5) is 11.5 Å². The molecule has 1 heterocycles. The molecule has 1 aromatic heterocycles. The third kappa shape index (κ3) is 4.03. The van der Waals surface area contributed by atoms with Crippen molar-refractivity contribution in [3.8, 4) is 11.3 Å². The maximum atomic E-state index is 12.6. The van der Waals surface area contributed by atoms with Crippen LogP contribution in [-0.2, 0) is 16.1 Å². The molecule has 128 valence electrons. The molecule has 0 atom stereocenters. The Labute approximate surface area is 142 Å². The lowest BCUT2D eigenvalue weighted by Crippen LogP contribution is -2.30. The Morgan fingerprint density at radius 2 is 2.25 bits per heavy atom. The van der Waals surface area contributed by atoms with Gasteiger partial charge in [0.05, 0.1) is 12.3 Å². The van der Waals surface area contributed by atoms with Crippen LogP contribution in [0.5, 0.6) is 0 Å². The lowest BCUT2D eigenvalue weighted by Gasteiger charge is -2.15. The molecule has 0 aliphatic rings. The number of nitrogen functional groups attached to an aromatic ring is 1. The Morgan fingerprint density at radius 3 is 2.88 bits per heavy atom. The lowest BCUT2D eigenvalue weighted by atomic mass is 10.1. The molecule has 24 heavy (non-hydrogen) atoms. The topological polar surface area (TPSA) is 119 Å². The number of ether oxygens (including phenoxy) is 1. The van der Waals surface area contributed by atoms with Crippen LogP contribution in [0.15, 0.2) is 29.1 Å². The molecule has 8 nitrogen and oxygen atoms in total. The monoisotopic (exact) mass is 352 g/mol. The van der Waals surface area contributed by atoms with Crippen LogP contribution >= 0.6 is 11.6 Å². The van der Waals surface area contributed by atoms with E-state index in [4.69, 9.17) is 27.2 Å². The summed E-state index contributed by atoms with van der Waals surface area (Å²) < 4.78 is 5.95. The maximum Gasteiger partial charge on any atom is 0.323 e. The summed E-state index contributed by atoms with van der Waals surface area (Å²) in [6, 6.07) is 6.63. The van der Waals surface area contributed by atoms with Crippen LogP contribution in [0.1, 0.15) is 0 Å². The highest BCUT2D eigenvalue weighted by Crippen LogP contribution is 2.27. The Kier molecular flexibility index (Phi) is 5.78. The van der Waals surface area contributed by atoms with Crippen LogP contribution in [-0.4, -0.2) is 40.9 Å². The molecule has 1 aromatic carbocycles. The third-order valence-corrected chi connectivity index (χ3v) is 3.44. The van der Waals surface area contributed by atoms with E-state index in [1.54, 1.807) is 24.3 Å².